The van der Waals surface area contributed by atoms with Crippen LogP contribution in [0.1, 0.15) is 29.8 Å². The van der Waals surface area contributed by atoms with E-state index in [2.05, 4.69) is 36.2 Å². The first-order chi connectivity index (χ1) is 19.0. The normalized spacial score (nSPS) is 10.8. The van der Waals surface area contributed by atoms with Crippen molar-refractivity contribution in [1.82, 2.24) is 20.3 Å². The van der Waals surface area contributed by atoms with Gasteiger partial charge in [0.15, 0.2) is 0 Å². The number of anilines is 4. The number of benzene rings is 2. The predicted octanol–water partition coefficient (Wildman–Crippen LogP) is 2.78. The molecule has 3 rings (SSSR count). The third-order valence-corrected chi connectivity index (χ3v) is 5.23. The number of hydrogen-bond donors (Lipinski definition) is 5. The zero-order valence-corrected chi connectivity index (χ0v) is 22.7. The van der Waals surface area contributed by atoms with E-state index >= 15 is 0 Å². The summed E-state index contributed by atoms with van der Waals surface area (Å²) >= 11 is 0. The van der Waals surface area contributed by atoms with Crippen LogP contribution in [0.4, 0.5) is 23.5 Å². The van der Waals surface area contributed by atoms with Crippen LogP contribution in [0, 0.1) is 0 Å². The van der Waals surface area contributed by atoms with Crippen LogP contribution in [-0.4, -0.2) is 73.5 Å². The average Bonchev–Trinajstić information content (AvgIpc) is 2.93. The van der Waals surface area contributed by atoms with E-state index in [0.29, 0.717) is 69.5 Å². The molecular weight excluding hydrogens is 500 g/mol. The van der Waals surface area contributed by atoms with Gasteiger partial charge in [0.05, 0.1) is 33.5 Å². The number of nitrogens with zero attached hydrogens (tertiary/aromatic N) is 3. The highest BCUT2D eigenvalue weighted by Gasteiger charge is 2.10. The topological polar surface area (TPSA) is 158 Å². The first-order valence-electron chi connectivity index (χ1n) is 12.9. The predicted molar refractivity (Wildman–Crippen MR) is 152 cm³/mol. The van der Waals surface area contributed by atoms with E-state index in [-0.39, 0.29) is 11.9 Å². The highest BCUT2D eigenvalue weighted by molar-refractivity contribution is 5.94. The van der Waals surface area contributed by atoms with Crippen LogP contribution in [-0.2, 0) is 16.0 Å². The van der Waals surface area contributed by atoms with Crippen molar-refractivity contribution in [3.05, 3.63) is 59.7 Å². The summed E-state index contributed by atoms with van der Waals surface area (Å²) < 4.78 is 15.9. The van der Waals surface area contributed by atoms with Gasteiger partial charge in [0.1, 0.15) is 5.75 Å². The molecule has 0 aliphatic heterocycles. The summed E-state index contributed by atoms with van der Waals surface area (Å²) in [6.45, 7) is 7.29. The SMILES string of the molecule is COc1ccc(CNc2nc(Nc3ccc(C(=O)NCCOCCOCCN)cc3)nc(NC(C)C)n2)cc1. The molecular formula is C27H38N8O4. The lowest BCUT2D eigenvalue weighted by molar-refractivity contribution is 0.0511. The Labute approximate surface area is 229 Å². The van der Waals surface area contributed by atoms with Gasteiger partial charge in [-0.15, -0.1) is 0 Å². The molecule has 0 aliphatic rings. The van der Waals surface area contributed by atoms with Gasteiger partial charge in [0.25, 0.3) is 5.91 Å². The fourth-order valence-corrected chi connectivity index (χ4v) is 3.34. The Bertz CT molecular complexity index is 1140. The maximum atomic E-state index is 12.4. The summed E-state index contributed by atoms with van der Waals surface area (Å²) in [4.78, 5) is 25.9. The number of aromatic nitrogens is 3. The van der Waals surface area contributed by atoms with E-state index in [1.807, 2.05) is 38.1 Å². The maximum absolute atomic E-state index is 12.4. The van der Waals surface area contributed by atoms with Crippen LogP contribution >= 0.6 is 0 Å². The van der Waals surface area contributed by atoms with Gasteiger partial charge in [0, 0.05) is 36.9 Å². The third kappa shape index (κ3) is 10.7. The molecule has 0 radical (unpaired) electrons. The van der Waals surface area contributed by atoms with Gasteiger partial charge in [-0.1, -0.05) is 12.1 Å². The second-order valence-corrected chi connectivity index (χ2v) is 8.78. The quantitative estimate of drug-likeness (QED) is 0.161. The highest BCUT2D eigenvalue weighted by Crippen LogP contribution is 2.18. The number of hydrogen-bond acceptors (Lipinski definition) is 11. The summed E-state index contributed by atoms with van der Waals surface area (Å²) in [5.74, 6) is 1.86. The zero-order chi connectivity index (χ0) is 27.9. The van der Waals surface area contributed by atoms with Crippen LogP contribution < -0.4 is 31.7 Å². The van der Waals surface area contributed by atoms with Gasteiger partial charge in [0.2, 0.25) is 17.8 Å². The van der Waals surface area contributed by atoms with Crippen LogP contribution in [0.5, 0.6) is 5.75 Å². The first-order valence-corrected chi connectivity index (χ1v) is 12.9. The molecule has 0 bridgehead atoms. The number of rotatable bonds is 17. The largest absolute Gasteiger partial charge is 0.497 e. The fourth-order valence-electron chi connectivity index (χ4n) is 3.34. The van der Waals surface area contributed by atoms with Crippen molar-refractivity contribution in [3.63, 3.8) is 0 Å². The molecule has 12 nitrogen and oxygen atoms in total. The fraction of sp³-hybridized carbons (Fsp3) is 0.407. The third-order valence-electron chi connectivity index (χ3n) is 5.23. The van der Waals surface area contributed by atoms with Crippen molar-refractivity contribution in [2.75, 3.05) is 62.6 Å². The molecule has 0 spiro atoms. The minimum absolute atomic E-state index is 0.141. The van der Waals surface area contributed by atoms with Gasteiger partial charge >= 0.3 is 0 Å². The van der Waals surface area contributed by atoms with Gasteiger partial charge in [-0.2, -0.15) is 15.0 Å². The van der Waals surface area contributed by atoms with Gasteiger partial charge < -0.3 is 41.2 Å². The van der Waals surface area contributed by atoms with E-state index in [4.69, 9.17) is 19.9 Å². The molecule has 2 aromatic carbocycles. The average molecular weight is 539 g/mol. The maximum Gasteiger partial charge on any atom is 0.251 e. The molecule has 0 atom stereocenters. The lowest BCUT2D eigenvalue weighted by atomic mass is 10.2. The van der Waals surface area contributed by atoms with Crippen LogP contribution in [0.25, 0.3) is 0 Å². The van der Waals surface area contributed by atoms with E-state index in [0.717, 1.165) is 17.0 Å². The van der Waals surface area contributed by atoms with Crippen molar-refractivity contribution in [1.29, 1.82) is 0 Å². The van der Waals surface area contributed by atoms with Gasteiger partial charge in [-0.25, -0.2) is 0 Å². The van der Waals surface area contributed by atoms with E-state index in [9.17, 15) is 4.79 Å². The Morgan fingerprint density at radius 2 is 1.54 bits per heavy atom. The molecule has 0 saturated carbocycles. The Hall–Kier alpha value is -4.00. The first kappa shape index (κ1) is 29.6. The summed E-state index contributed by atoms with van der Waals surface area (Å²) in [6, 6.07) is 15.0. The highest BCUT2D eigenvalue weighted by atomic mass is 16.5. The van der Waals surface area contributed by atoms with Crippen molar-refractivity contribution >= 4 is 29.4 Å². The molecule has 3 aromatic rings. The van der Waals surface area contributed by atoms with Gasteiger partial charge in [-0.3, -0.25) is 4.79 Å². The number of carbonyl (C=O) groups is 1. The summed E-state index contributed by atoms with van der Waals surface area (Å²) in [6.07, 6.45) is 0. The van der Waals surface area contributed by atoms with E-state index in [1.54, 1.807) is 31.4 Å². The van der Waals surface area contributed by atoms with Crippen LogP contribution in [0.2, 0.25) is 0 Å². The molecule has 210 valence electrons. The van der Waals surface area contributed by atoms with Crippen molar-refractivity contribution < 1.29 is 19.0 Å². The number of amides is 1. The minimum Gasteiger partial charge on any atom is -0.497 e. The molecule has 12 heteroatoms. The second-order valence-electron chi connectivity index (χ2n) is 8.78. The smallest absolute Gasteiger partial charge is 0.251 e. The zero-order valence-electron chi connectivity index (χ0n) is 22.7. The number of nitrogens with two attached hydrogens (primary N) is 1. The van der Waals surface area contributed by atoms with Crippen LogP contribution in [0.3, 0.4) is 0 Å². The van der Waals surface area contributed by atoms with E-state index in [1.165, 1.54) is 0 Å². The molecule has 0 unspecified atom stereocenters. The summed E-state index contributed by atoms with van der Waals surface area (Å²) in [5, 5.41) is 12.5. The van der Waals surface area contributed by atoms with Crippen molar-refractivity contribution in [2.45, 2.75) is 26.4 Å². The Morgan fingerprint density at radius 1 is 0.872 bits per heavy atom. The summed E-state index contributed by atoms with van der Waals surface area (Å²) in [5.41, 5.74) is 7.68. The molecule has 0 fully saturated rings. The van der Waals surface area contributed by atoms with Crippen molar-refractivity contribution in [2.24, 2.45) is 5.73 Å². The Kier molecular flexibility index (Phi) is 12.2. The standard InChI is InChI=1S/C27H38N8O4/c1-19(2)31-26-33-25(30-18-20-4-10-23(37-3)11-5-20)34-27(35-26)32-22-8-6-21(7-9-22)24(36)29-13-15-39-17-16-38-14-12-28/h4-11,19H,12-18,28H2,1-3H3,(H,29,36)(H3,30,31,32,33,34,35). The Morgan fingerprint density at radius 3 is 2.21 bits per heavy atom. The second kappa shape index (κ2) is 16.1. The lowest BCUT2D eigenvalue weighted by Gasteiger charge is -2.13. The Balaban J connectivity index is 1.55. The molecule has 0 saturated heterocycles. The molecule has 1 aromatic heterocycles. The number of ether oxygens (including phenoxy) is 3. The number of carbonyl (C=O) groups excluding carboxylic acids is 1. The molecule has 0 aliphatic carbocycles. The number of nitrogens with one attached hydrogen (secondary N) is 4. The molecule has 1 amide bonds. The number of methoxy groups -OCH3 is 1. The molecule has 39 heavy (non-hydrogen) atoms. The van der Waals surface area contributed by atoms with E-state index < -0.39 is 0 Å². The minimum atomic E-state index is -0.182. The monoisotopic (exact) mass is 538 g/mol. The van der Waals surface area contributed by atoms with Crippen LogP contribution in [0.15, 0.2) is 48.5 Å². The lowest BCUT2D eigenvalue weighted by Crippen LogP contribution is -2.27. The molecule has 6 N–H and O–H groups in total. The van der Waals surface area contributed by atoms with Gasteiger partial charge in [-0.05, 0) is 55.8 Å². The van der Waals surface area contributed by atoms with Crippen molar-refractivity contribution in [3.8, 4) is 5.75 Å². The summed E-state index contributed by atoms with van der Waals surface area (Å²) in [7, 11) is 1.64. The molecule has 1 heterocycles.